The van der Waals surface area contributed by atoms with Crippen LogP contribution in [0.4, 0.5) is 18.9 Å². The number of alkyl halides is 3. The van der Waals surface area contributed by atoms with E-state index in [0.717, 1.165) is 18.6 Å². The largest absolute Gasteiger partial charge is 0.416 e. The average molecular weight is 314 g/mol. The van der Waals surface area contributed by atoms with E-state index in [1.54, 1.807) is 4.90 Å². The van der Waals surface area contributed by atoms with E-state index in [2.05, 4.69) is 5.32 Å². The molecule has 0 bridgehead atoms. The highest BCUT2D eigenvalue weighted by Crippen LogP contribution is 2.30. The lowest BCUT2D eigenvalue weighted by Crippen LogP contribution is -2.42. The molecular weight excluding hydrogens is 297 g/mol. The van der Waals surface area contributed by atoms with Gasteiger partial charge in [0.15, 0.2) is 0 Å². The summed E-state index contributed by atoms with van der Waals surface area (Å²) in [6.45, 7) is 2.44. The van der Waals surface area contributed by atoms with Crippen molar-refractivity contribution in [2.45, 2.75) is 25.9 Å². The number of hydrogen-bond acceptors (Lipinski definition) is 2. The zero-order valence-electron chi connectivity index (χ0n) is 12.1. The number of piperidine rings is 1. The molecule has 2 rings (SSSR count). The van der Waals surface area contributed by atoms with Crippen LogP contribution in [0.2, 0.25) is 0 Å². The van der Waals surface area contributed by atoms with E-state index in [9.17, 15) is 22.8 Å². The van der Waals surface area contributed by atoms with Crippen LogP contribution in [0.5, 0.6) is 0 Å². The number of likely N-dealkylation sites (tertiary alicyclic amines) is 1. The number of nitrogens with one attached hydrogen (secondary N) is 1. The van der Waals surface area contributed by atoms with E-state index < -0.39 is 11.7 Å². The van der Waals surface area contributed by atoms with Gasteiger partial charge >= 0.3 is 6.18 Å². The van der Waals surface area contributed by atoms with Gasteiger partial charge in [0.25, 0.3) is 0 Å². The third-order valence-corrected chi connectivity index (χ3v) is 3.72. The average Bonchev–Trinajstić information content (AvgIpc) is 2.47. The van der Waals surface area contributed by atoms with Crippen LogP contribution in [-0.2, 0) is 15.8 Å². The van der Waals surface area contributed by atoms with Gasteiger partial charge in [0.05, 0.1) is 11.5 Å². The molecule has 0 aromatic heterocycles. The first-order valence-corrected chi connectivity index (χ1v) is 7.01. The second-order valence-electron chi connectivity index (χ2n) is 5.37. The molecule has 0 spiro atoms. The summed E-state index contributed by atoms with van der Waals surface area (Å²) in [5.41, 5.74) is -0.441. The van der Waals surface area contributed by atoms with Crippen LogP contribution in [0.25, 0.3) is 0 Å². The molecule has 22 heavy (non-hydrogen) atoms. The van der Waals surface area contributed by atoms with Crippen molar-refractivity contribution in [1.29, 1.82) is 0 Å². The Balaban J connectivity index is 1.98. The molecule has 1 aliphatic rings. The monoisotopic (exact) mass is 314 g/mol. The lowest BCUT2D eigenvalue weighted by Gasteiger charge is -2.31. The minimum Gasteiger partial charge on any atom is -0.342 e. The van der Waals surface area contributed by atoms with Crippen LogP contribution in [0, 0.1) is 5.92 Å². The van der Waals surface area contributed by atoms with Crippen molar-refractivity contribution in [3.05, 3.63) is 29.8 Å². The Morgan fingerprint density at radius 3 is 2.41 bits per heavy atom. The van der Waals surface area contributed by atoms with Crippen LogP contribution in [0.15, 0.2) is 24.3 Å². The first-order chi connectivity index (χ1) is 10.3. The Morgan fingerprint density at radius 2 is 1.86 bits per heavy atom. The van der Waals surface area contributed by atoms with E-state index >= 15 is 0 Å². The maximum atomic E-state index is 12.5. The normalized spacial score (nSPS) is 18.9. The quantitative estimate of drug-likeness (QED) is 0.912. The molecule has 0 radical (unpaired) electrons. The molecule has 1 fully saturated rings. The van der Waals surface area contributed by atoms with Gasteiger partial charge < -0.3 is 10.2 Å². The molecule has 1 heterocycles. The highest BCUT2D eigenvalue weighted by Gasteiger charge is 2.30. The van der Waals surface area contributed by atoms with Crippen LogP contribution in [-0.4, -0.2) is 29.8 Å². The van der Waals surface area contributed by atoms with Crippen molar-refractivity contribution in [1.82, 2.24) is 4.90 Å². The summed E-state index contributed by atoms with van der Waals surface area (Å²) < 4.78 is 37.4. The van der Waals surface area contributed by atoms with Gasteiger partial charge in [-0.3, -0.25) is 9.59 Å². The maximum absolute atomic E-state index is 12.5. The molecule has 1 aromatic rings. The first-order valence-electron chi connectivity index (χ1n) is 7.01. The van der Waals surface area contributed by atoms with Crippen LogP contribution in [0.1, 0.15) is 25.3 Å². The highest BCUT2D eigenvalue weighted by atomic mass is 19.4. The third-order valence-electron chi connectivity index (χ3n) is 3.72. The van der Waals surface area contributed by atoms with Crippen molar-refractivity contribution >= 4 is 17.5 Å². The van der Waals surface area contributed by atoms with Gasteiger partial charge in [-0.1, -0.05) is 0 Å². The molecule has 1 atom stereocenters. The topological polar surface area (TPSA) is 49.4 Å². The fraction of sp³-hybridized carbons (Fsp3) is 0.467. The summed E-state index contributed by atoms with van der Waals surface area (Å²) in [4.78, 5) is 25.1. The fourth-order valence-electron chi connectivity index (χ4n) is 2.46. The molecule has 7 heteroatoms. The van der Waals surface area contributed by atoms with Crippen molar-refractivity contribution in [3.8, 4) is 0 Å². The van der Waals surface area contributed by atoms with E-state index in [1.807, 2.05) is 0 Å². The third kappa shape index (κ3) is 3.99. The zero-order valence-corrected chi connectivity index (χ0v) is 12.1. The number of carbonyl (C=O) groups excluding carboxylic acids is 2. The van der Waals surface area contributed by atoms with Gasteiger partial charge in [-0.15, -0.1) is 0 Å². The number of carbonyl (C=O) groups is 2. The zero-order chi connectivity index (χ0) is 16.3. The number of amides is 2. The predicted octanol–water partition coefficient (Wildman–Crippen LogP) is 2.90. The second-order valence-corrected chi connectivity index (χ2v) is 5.37. The van der Waals surface area contributed by atoms with Crippen LogP contribution >= 0.6 is 0 Å². The van der Waals surface area contributed by atoms with Crippen molar-refractivity contribution < 1.29 is 22.8 Å². The number of benzene rings is 1. The standard InChI is InChI=1S/C15H17F3N2O2/c1-10(21)20-8-2-3-11(9-20)14(22)19-13-6-4-12(5-7-13)15(16,17)18/h4-7,11H,2-3,8-9H2,1H3,(H,19,22). The molecule has 0 saturated carbocycles. The lowest BCUT2D eigenvalue weighted by atomic mass is 9.97. The number of halogens is 3. The van der Waals surface area contributed by atoms with E-state index in [1.165, 1.54) is 19.1 Å². The van der Waals surface area contributed by atoms with Gasteiger partial charge in [0, 0.05) is 25.7 Å². The van der Waals surface area contributed by atoms with Crippen molar-refractivity contribution in [2.24, 2.45) is 5.92 Å². The molecule has 120 valence electrons. The van der Waals surface area contributed by atoms with E-state index in [0.29, 0.717) is 25.2 Å². The number of hydrogen-bond donors (Lipinski definition) is 1. The molecule has 4 nitrogen and oxygen atoms in total. The molecule has 1 N–H and O–H groups in total. The fourth-order valence-corrected chi connectivity index (χ4v) is 2.46. The SMILES string of the molecule is CC(=O)N1CCCC(C(=O)Nc2ccc(C(F)(F)F)cc2)C1. The van der Waals surface area contributed by atoms with Crippen molar-refractivity contribution in [2.75, 3.05) is 18.4 Å². The Labute approximate surface area is 126 Å². The summed E-state index contributed by atoms with van der Waals surface area (Å²) in [7, 11) is 0. The molecule has 1 saturated heterocycles. The van der Waals surface area contributed by atoms with Gasteiger partial charge in [-0.2, -0.15) is 13.2 Å². The maximum Gasteiger partial charge on any atom is 0.416 e. The molecule has 1 unspecified atom stereocenters. The molecule has 2 amide bonds. The molecule has 1 aliphatic heterocycles. The lowest BCUT2D eigenvalue weighted by molar-refractivity contribution is -0.137. The summed E-state index contributed by atoms with van der Waals surface area (Å²) in [6.07, 6.45) is -2.99. The van der Waals surface area contributed by atoms with Crippen LogP contribution in [0.3, 0.4) is 0 Å². The van der Waals surface area contributed by atoms with Crippen LogP contribution < -0.4 is 5.32 Å². The smallest absolute Gasteiger partial charge is 0.342 e. The van der Waals surface area contributed by atoms with Gasteiger partial charge in [0.1, 0.15) is 0 Å². The Morgan fingerprint density at radius 1 is 1.23 bits per heavy atom. The Kier molecular flexibility index (Phi) is 4.73. The minimum absolute atomic E-state index is 0.0768. The summed E-state index contributed by atoms with van der Waals surface area (Å²) in [5.74, 6) is -0.683. The van der Waals surface area contributed by atoms with Crippen molar-refractivity contribution in [3.63, 3.8) is 0 Å². The minimum atomic E-state index is -4.39. The van der Waals surface area contributed by atoms with Gasteiger partial charge in [0.2, 0.25) is 11.8 Å². The summed E-state index contributed by atoms with van der Waals surface area (Å²) in [6, 6.07) is 4.31. The molecule has 1 aromatic carbocycles. The van der Waals surface area contributed by atoms with E-state index in [4.69, 9.17) is 0 Å². The first kappa shape index (κ1) is 16.3. The number of anilines is 1. The molecule has 0 aliphatic carbocycles. The number of rotatable bonds is 2. The van der Waals surface area contributed by atoms with Gasteiger partial charge in [-0.05, 0) is 37.1 Å². The molecular formula is C15H17F3N2O2. The summed E-state index contributed by atoms with van der Waals surface area (Å²) >= 11 is 0. The van der Waals surface area contributed by atoms with Gasteiger partial charge in [-0.25, -0.2) is 0 Å². The summed E-state index contributed by atoms with van der Waals surface area (Å²) in [5, 5.41) is 2.61. The predicted molar refractivity (Wildman–Crippen MR) is 75.1 cm³/mol. The van der Waals surface area contributed by atoms with E-state index in [-0.39, 0.29) is 17.7 Å². The number of nitrogens with zero attached hydrogens (tertiary/aromatic N) is 1. The Hall–Kier alpha value is -2.05. The second kappa shape index (κ2) is 6.37. The highest BCUT2D eigenvalue weighted by molar-refractivity contribution is 5.93. The Bertz CT molecular complexity index is 555.